The average Bonchev–Trinajstić information content (AvgIpc) is 1.93. The van der Waals surface area contributed by atoms with Crippen LogP contribution < -0.4 is 0 Å². The first-order chi connectivity index (χ1) is 5.18. The zero-order valence-electron chi connectivity index (χ0n) is 5.36. The maximum Gasteiger partial charge on any atom is 0.265 e. The fraction of sp³-hybridized carbons (Fsp3) is 0. The van der Waals surface area contributed by atoms with Crippen molar-refractivity contribution in [1.29, 1.82) is 0 Å². The predicted molar refractivity (Wildman–Crippen MR) is 44.3 cm³/mol. The standard InChI is InChI=1S/C6H4ClNO2S/c7-5-1-3-6(4-2-5)11-8(9)10/h1-4H. The van der Waals surface area contributed by atoms with Crippen LogP contribution >= 0.6 is 23.5 Å². The van der Waals surface area contributed by atoms with Crippen LogP contribution in [-0.4, -0.2) is 4.33 Å². The second-order valence-electron chi connectivity index (χ2n) is 1.77. The van der Waals surface area contributed by atoms with E-state index in [-0.39, 0.29) is 0 Å². The van der Waals surface area contributed by atoms with E-state index in [9.17, 15) is 10.1 Å². The van der Waals surface area contributed by atoms with Gasteiger partial charge in [0.1, 0.15) is 4.33 Å². The van der Waals surface area contributed by atoms with Crippen LogP contribution in [0.1, 0.15) is 0 Å². The molecule has 58 valence electrons. The highest BCUT2D eigenvalue weighted by Gasteiger charge is 2.03. The van der Waals surface area contributed by atoms with Crippen LogP contribution in [0.3, 0.4) is 0 Å². The molecule has 11 heavy (non-hydrogen) atoms. The Morgan fingerprint density at radius 1 is 1.36 bits per heavy atom. The average molecular weight is 190 g/mol. The molecule has 0 aliphatic rings. The Hall–Kier alpha value is -0.740. The summed E-state index contributed by atoms with van der Waals surface area (Å²) in [5, 5.41) is 10.6. The van der Waals surface area contributed by atoms with Gasteiger partial charge in [0.15, 0.2) is 0 Å². The van der Waals surface area contributed by atoms with Crippen molar-refractivity contribution in [3.05, 3.63) is 39.4 Å². The molecule has 0 saturated heterocycles. The molecular formula is C6H4ClNO2S. The van der Waals surface area contributed by atoms with E-state index in [0.717, 1.165) is 0 Å². The summed E-state index contributed by atoms with van der Waals surface area (Å²) in [6, 6.07) is 6.45. The molecule has 1 rings (SSSR count). The monoisotopic (exact) mass is 189 g/mol. The van der Waals surface area contributed by atoms with Gasteiger partial charge in [0, 0.05) is 5.02 Å². The minimum absolute atomic E-state index is 0.455. The molecule has 0 saturated carbocycles. The summed E-state index contributed by atoms with van der Waals surface area (Å²) >= 11 is 6.14. The number of rotatable bonds is 2. The molecule has 0 aromatic heterocycles. The lowest BCUT2D eigenvalue weighted by Gasteiger charge is -1.90. The third kappa shape index (κ3) is 2.78. The molecule has 0 amide bonds. The van der Waals surface area contributed by atoms with Crippen molar-refractivity contribution < 1.29 is 4.33 Å². The highest BCUT2D eigenvalue weighted by Crippen LogP contribution is 2.19. The van der Waals surface area contributed by atoms with Crippen molar-refractivity contribution in [1.82, 2.24) is 0 Å². The Balaban J connectivity index is 2.74. The molecule has 5 heteroatoms. The summed E-state index contributed by atoms with van der Waals surface area (Å²) in [5.41, 5.74) is 0. The third-order valence-corrected chi connectivity index (χ3v) is 1.88. The van der Waals surface area contributed by atoms with Gasteiger partial charge < -0.3 is 0 Å². The Morgan fingerprint density at radius 2 is 1.91 bits per heavy atom. The van der Waals surface area contributed by atoms with Gasteiger partial charge >= 0.3 is 0 Å². The fourth-order valence-electron chi connectivity index (χ4n) is 0.582. The van der Waals surface area contributed by atoms with Crippen molar-refractivity contribution in [2.75, 3.05) is 0 Å². The molecular weight excluding hydrogens is 186 g/mol. The second kappa shape index (κ2) is 3.59. The zero-order chi connectivity index (χ0) is 8.27. The molecule has 3 nitrogen and oxygen atoms in total. The summed E-state index contributed by atoms with van der Waals surface area (Å²) in [4.78, 5) is 10.6. The summed E-state index contributed by atoms with van der Waals surface area (Å²) in [6.07, 6.45) is 0. The zero-order valence-corrected chi connectivity index (χ0v) is 6.93. The maximum absolute atomic E-state index is 9.99. The predicted octanol–water partition coefficient (Wildman–Crippen LogP) is 2.62. The SMILES string of the molecule is O=[N+]([O-])Sc1ccc(Cl)cc1. The molecule has 0 heterocycles. The highest BCUT2D eigenvalue weighted by molar-refractivity contribution is 7.93. The van der Waals surface area contributed by atoms with E-state index in [4.69, 9.17) is 11.6 Å². The molecule has 0 N–H and O–H groups in total. The van der Waals surface area contributed by atoms with Gasteiger partial charge in [0.2, 0.25) is 0 Å². The van der Waals surface area contributed by atoms with Gasteiger partial charge in [-0.05, 0) is 24.3 Å². The second-order valence-corrected chi connectivity index (χ2v) is 3.16. The van der Waals surface area contributed by atoms with Crippen LogP contribution in [0.5, 0.6) is 0 Å². The maximum atomic E-state index is 9.99. The lowest BCUT2D eigenvalue weighted by Crippen LogP contribution is -1.81. The van der Waals surface area contributed by atoms with E-state index >= 15 is 0 Å². The molecule has 1 aromatic carbocycles. The smallest absolute Gasteiger partial charge is 0.250 e. The molecule has 0 unspecified atom stereocenters. The summed E-state index contributed by atoms with van der Waals surface area (Å²) in [6.45, 7) is 0. The van der Waals surface area contributed by atoms with E-state index in [1.165, 1.54) is 0 Å². The summed E-state index contributed by atoms with van der Waals surface area (Å²) in [5.74, 6) is 0. The van der Waals surface area contributed by atoms with Gasteiger partial charge in [-0.1, -0.05) is 11.6 Å². The highest BCUT2D eigenvalue weighted by atomic mass is 35.5. The Bertz CT molecular complexity index is 262. The van der Waals surface area contributed by atoms with E-state index in [0.29, 0.717) is 21.9 Å². The van der Waals surface area contributed by atoms with E-state index in [2.05, 4.69) is 0 Å². The number of nitrogens with zero attached hydrogens (tertiary/aromatic N) is 1. The first-order valence-electron chi connectivity index (χ1n) is 2.76. The topological polar surface area (TPSA) is 43.1 Å². The van der Waals surface area contributed by atoms with Crippen LogP contribution in [-0.2, 0) is 0 Å². The van der Waals surface area contributed by atoms with Crippen LogP contribution in [0.2, 0.25) is 5.02 Å². The Kier molecular flexibility index (Phi) is 2.73. The Labute approximate surface area is 72.6 Å². The lowest BCUT2D eigenvalue weighted by molar-refractivity contribution is -0.284. The first kappa shape index (κ1) is 8.36. The lowest BCUT2D eigenvalue weighted by atomic mass is 10.4. The minimum Gasteiger partial charge on any atom is -0.250 e. The molecule has 0 spiro atoms. The number of hydrogen-bond donors (Lipinski definition) is 0. The van der Waals surface area contributed by atoms with Gasteiger partial charge in [0.05, 0.1) is 4.90 Å². The number of nitro groups is 1. The molecule has 0 bridgehead atoms. The van der Waals surface area contributed by atoms with Crippen molar-refractivity contribution >= 4 is 23.5 Å². The molecule has 0 aliphatic heterocycles. The Morgan fingerprint density at radius 3 is 2.36 bits per heavy atom. The van der Waals surface area contributed by atoms with Crippen LogP contribution in [0.15, 0.2) is 29.2 Å². The van der Waals surface area contributed by atoms with Crippen LogP contribution in [0.4, 0.5) is 0 Å². The van der Waals surface area contributed by atoms with E-state index < -0.39 is 4.33 Å². The molecule has 0 fully saturated rings. The molecule has 0 radical (unpaired) electrons. The van der Waals surface area contributed by atoms with E-state index in [1.54, 1.807) is 24.3 Å². The van der Waals surface area contributed by atoms with Crippen molar-refractivity contribution in [2.45, 2.75) is 4.90 Å². The largest absolute Gasteiger partial charge is 0.265 e. The van der Waals surface area contributed by atoms with Gasteiger partial charge in [-0.3, -0.25) is 10.1 Å². The summed E-state index contributed by atoms with van der Waals surface area (Å²) < 4.78 is -0.455. The van der Waals surface area contributed by atoms with Crippen LogP contribution in [0, 0.1) is 10.1 Å². The number of halogens is 1. The summed E-state index contributed by atoms with van der Waals surface area (Å²) in [7, 11) is 0. The van der Waals surface area contributed by atoms with Crippen molar-refractivity contribution in [3.8, 4) is 0 Å². The quantitative estimate of drug-likeness (QED) is 0.408. The van der Waals surface area contributed by atoms with Gasteiger partial charge in [-0.2, -0.15) is 0 Å². The van der Waals surface area contributed by atoms with Gasteiger partial charge in [0.25, 0.3) is 11.9 Å². The number of hydrogen-bond acceptors (Lipinski definition) is 3. The normalized spacial score (nSPS) is 9.55. The molecule has 0 atom stereocenters. The number of benzene rings is 1. The van der Waals surface area contributed by atoms with Crippen molar-refractivity contribution in [2.24, 2.45) is 0 Å². The van der Waals surface area contributed by atoms with Gasteiger partial charge in [-0.25, -0.2) is 0 Å². The van der Waals surface area contributed by atoms with Gasteiger partial charge in [-0.15, -0.1) is 0 Å². The molecule has 0 aliphatic carbocycles. The van der Waals surface area contributed by atoms with E-state index in [1.807, 2.05) is 0 Å². The minimum atomic E-state index is -0.455. The van der Waals surface area contributed by atoms with Crippen molar-refractivity contribution in [3.63, 3.8) is 0 Å². The molecule has 1 aromatic rings. The first-order valence-corrected chi connectivity index (χ1v) is 3.91. The fourth-order valence-corrected chi connectivity index (χ4v) is 1.14. The third-order valence-electron chi connectivity index (χ3n) is 0.994. The van der Waals surface area contributed by atoms with Crippen LogP contribution in [0.25, 0.3) is 0 Å².